The third-order valence-electron chi connectivity index (χ3n) is 5.98. The third kappa shape index (κ3) is 4.92. The van der Waals surface area contributed by atoms with Crippen LogP contribution < -0.4 is 5.32 Å². The molecule has 0 radical (unpaired) electrons. The maximum atomic E-state index is 14.4. The van der Waals surface area contributed by atoms with Crippen molar-refractivity contribution in [3.05, 3.63) is 52.1 Å². The minimum absolute atomic E-state index is 0.0602. The zero-order valence-electron chi connectivity index (χ0n) is 19.7. The van der Waals surface area contributed by atoms with Crippen molar-refractivity contribution >= 4 is 29.2 Å². The Hall–Kier alpha value is -4.19. The van der Waals surface area contributed by atoms with Gasteiger partial charge in [0.1, 0.15) is 11.5 Å². The molecule has 0 spiro atoms. The predicted molar refractivity (Wildman–Crippen MR) is 119 cm³/mol. The number of nitrogens with zero attached hydrogens (tertiary/aromatic N) is 6. The van der Waals surface area contributed by atoms with Gasteiger partial charge in [-0.3, -0.25) is 19.1 Å². The third-order valence-corrected chi connectivity index (χ3v) is 5.98. The van der Waals surface area contributed by atoms with Gasteiger partial charge in [-0.2, -0.15) is 5.10 Å². The zero-order valence-corrected chi connectivity index (χ0v) is 19.7. The van der Waals surface area contributed by atoms with Crippen LogP contribution in [0.4, 0.5) is 33.7 Å². The maximum Gasteiger partial charge on any atom is 0.322 e. The lowest BCUT2D eigenvalue weighted by atomic mass is 10.1. The summed E-state index contributed by atoms with van der Waals surface area (Å²) in [4.78, 5) is 48.9. The molecule has 4 rings (SSSR count). The highest BCUT2D eigenvalue weighted by atomic mass is 19.3. The van der Waals surface area contributed by atoms with E-state index in [9.17, 15) is 31.9 Å². The molecular formula is C22H21F4N7O4. The fourth-order valence-corrected chi connectivity index (χ4v) is 4.15. The standard InChI is InChI=1S/C22H21F4N7O4/c1-27-18-12(23)4-5-14(17(18)26)28-22(36)32-7-6-13-11(8-32)19-21(35)31(3)37-15(9-33(19)29-13)20(34)30(2)10-16(24)25/h4-5,15-16H,6-10H2,2-3H3,(H,28,36). The topological polar surface area (TPSA) is 104 Å². The Morgan fingerprint density at radius 2 is 2.08 bits per heavy atom. The number of likely N-dealkylation sites (N-methyl/N-ethyl adjacent to an activating group) is 1. The highest BCUT2D eigenvalue weighted by Gasteiger charge is 2.38. The first-order valence-electron chi connectivity index (χ1n) is 11.0. The molecule has 1 atom stereocenters. The number of nitrogens with one attached hydrogen (secondary N) is 1. The monoisotopic (exact) mass is 523 g/mol. The molecule has 37 heavy (non-hydrogen) atoms. The number of hydrogen-bond acceptors (Lipinski definition) is 5. The number of urea groups is 1. The number of carbonyl (C=O) groups is 3. The molecule has 3 heterocycles. The molecule has 196 valence electrons. The van der Waals surface area contributed by atoms with E-state index < -0.39 is 54.2 Å². The van der Waals surface area contributed by atoms with Gasteiger partial charge in [0.15, 0.2) is 11.9 Å². The van der Waals surface area contributed by atoms with Crippen molar-refractivity contribution in [2.75, 3.05) is 32.5 Å². The molecule has 1 N–H and O–H groups in total. The molecular weight excluding hydrogens is 502 g/mol. The van der Waals surface area contributed by atoms with E-state index in [0.29, 0.717) is 11.3 Å². The van der Waals surface area contributed by atoms with Crippen LogP contribution in [0.2, 0.25) is 0 Å². The summed E-state index contributed by atoms with van der Waals surface area (Å²) in [6.45, 7) is 5.92. The summed E-state index contributed by atoms with van der Waals surface area (Å²) in [6, 6.07) is 1.11. The highest BCUT2D eigenvalue weighted by molar-refractivity contribution is 5.95. The summed E-state index contributed by atoms with van der Waals surface area (Å²) < 4.78 is 54.7. The van der Waals surface area contributed by atoms with Gasteiger partial charge in [0.05, 0.1) is 37.6 Å². The van der Waals surface area contributed by atoms with Crippen LogP contribution in [-0.4, -0.2) is 82.2 Å². The van der Waals surface area contributed by atoms with Crippen molar-refractivity contribution in [2.24, 2.45) is 0 Å². The Bertz CT molecular complexity index is 1310. The first-order valence-corrected chi connectivity index (χ1v) is 11.0. The molecule has 1 aromatic heterocycles. The SMILES string of the molecule is [C-]#[N+]c1c(F)ccc(NC(=O)N2CCc3nn4c(c3C2)C(=O)N(C)OC(C(=O)N(C)CC(F)F)C4)c1F. The lowest BCUT2D eigenvalue weighted by Crippen LogP contribution is -2.44. The quantitative estimate of drug-likeness (QED) is 0.490. The number of benzene rings is 1. The van der Waals surface area contributed by atoms with Crippen LogP contribution in [0.3, 0.4) is 0 Å². The Morgan fingerprint density at radius 3 is 2.76 bits per heavy atom. The number of hydrogen-bond donors (Lipinski definition) is 1. The van der Waals surface area contributed by atoms with Gasteiger partial charge in [-0.05, 0) is 12.1 Å². The molecule has 2 aromatic rings. The number of alkyl halides is 2. The van der Waals surface area contributed by atoms with E-state index in [1.807, 2.05) is 0 Å². The predicted octanol–water partition coefficient (Wildman–Crippen LogP) is 2.41. The number of aromatic nitrogens is 2. The van der Waals surface area contributed by atoms with Crippen LogP contribution in [0.5, 0.6) is 0 Å². The summed E-state index contributed by atoms with van der Waals surface area (Å²) in [5, 5.41) is 7.52. The molecule has 0 saturated heterocycles. The fourth-order valence-electron chi connectivity index (χ4n) is 4.15. The van der Waals surface area contributed by atoms with E-state index in [1.54, 1.807) is 0 Å². The lowest BCUT2D eigenvalue weighted by Gasteiger charge is -2.27. The molecule has 0 aliphatic carbocycles. The fraction of sp³-hybridized carbons (Fsp3) is 0.409. The number of amides is 4. The van der Waals surface area contributed by atoms with Crippen molar-refractivity contribution in [1.82, 2.24) is 24.6 Å². The summed E-state index contributed by atoms with van der Waals surface area (Å²) >= 11 is 0. The van der Waals surface area contributed by atoms with Gasteiger partial charge < -0.3 is 15.1 Å². The average Bonchev–Trinajstić information content (AvgIpc) is 3.15. The first-order chi connectivity index (χ1) is 17.5. The van der Waals surface area contributed by atoms with Crippen LogP contribution in [0.15, 0.2) is 12.1 Å². The van der Waals surface area contributed by atoms with Gasteiger partial charge in [-0.1, -0.05) is 0 Å². The van der Waals surface area contributed by atoms with E-state index in [4.69, 9.17) is 11.4 Å². The average molecular weight is 523 g/mol. The molecule has 15 heteroatoms. The van der Waals surface area contributed by atoms with Gasteiger partial charge in [0.25, 0.3) is 23.9 Å². The van der Waals surface area contributed by atoms with Crippen LogP contribution in [0.25, 0.3) is 4.85 Å². The summed E-state index contributed by atoms with van der Waals surface area (Å²) in [5.41, 5.74) is -0.284. The van der Waals surface area contributed by atoms with Crippen molar-refractivity contribution in [2.45, 2.75) is 32.0 Å². The summed E-state index contributed by atoms with van der Waals surface area (Å²) in [5.74, 6) is -3.68. The van der Waals surface area contributed by atoms with E-state index in [-0.39, 0.29) is 37.4 Å². The van der Waals surface area contributed by atoms with Gasteiger partial charge in [0, 0.05) is 32.6 Å². The van der Waals surface area contributed by atoms with E-state index in [0.717, 1.165) is 22.1 Å². The molecule has 0 fully saturated rings. The highest BCUT2D eigenvalue weighted by Crippen LogP contribution is 2.30. The van der Waals surface area contributed by atoms with Crippen LogP contribution >= 0.6 is 0 Å². The minimum Gasteiger partial charge on any atom is -0.338 e. The number of hydroxylamine groups is 2. The first kappa shape index (κ1) is 25.9. The second-order valence-corrected chi connectivity index (χ2v) is 8.43. The molecule has 1 unspecified atom stereocenters. The molecule has 0 bridgehead atoms. The molecule has 2 aliphatic rings. The smallest absolute Gasteiger partial charge is 0.322 e. The molecule has 1 aromatic carbocycles. The Balaban J connectivity index is 1.56. The number of anilines is 1. The van der Waals surface area contributed by atoms with Crippen molar-refractivity contribution in [1.29, 1.82) is 0 Å². The van der Waals surface area contributed by atoms with Gasteiger partial charge in [0.2, 0.25) is 0 Å². The van der Waals surface area contributed by atoms with Crippen LogP contribution in [-0.2, 0) is 29.1 Å². The second kappa shape index (κ2) is 10.1. The number of halogens is 4. The Kier molecular flexibility index (Phi) is 7.03. The number of carbonyl (C=O) groups excluding carboxylic acids is 3. The molecule has 11 nitrogen and oxygen atoms in total. The summed E-state index contributed by atoms with van der Waals surface area (Å²) in [6.07, 6.45) is -3.82. The van der Waals surface area contributed by atoms with E-state index in [2.05, 4.69) is 15.3 Å². The van der Waals surface area contributed by atoms with Crippen molar-refractivity contribution < 1.29 is 36.8 Å². The maximum absolute atomic E-state index is 14.4. The van der Waals surface area contributed by atoms with Gasteiger partial charge >= 0.3 is 6.03 Å². The van der Waals surface area contributed by atoms with E-state index >= 15 is 0 Å². The molecule has 2 aliphatic heterocycles. The lowest BCUT2D eigenvalue weighted by molar-refractivity contribution is -0.177. The van der Waals surface area contributed by atoms with Crippen molar-refractivity contribution in [3.63, 3.8) is 0 Å². The van der Waals surface area contributed by atoms with Gasteiger partial charge in [-0.25, -0.2) is 32.3 Å². The molecule has 4 amide bonds. The van der Waals surface area contributed by atoms with E-state index in [1.165, 1.54) is 23.7 Å². The normalized spacial score (nSPS) is 17.1. The number of fused-ring (bicyclic) bond motifs is 3. The van der Waals surface area contributed by atoms with Crippen LogP contribution in [0, 0.1) is 18.2 Å². The zero-order chi connectivity index (χ0) is 27.0. The summed E-state index contributed by atoms with van der Waals surface area (Å²) in [7, 11) is 2.46. The Morgan fingerprint density at radius 1 is 1.35 bits per heavy atom. The van der Waals surface area contributed by atoms with Crippen LogP contribution in [0.1, 0.15) is 21.7 Å². The van der Waals surface area contributed by atoms with Crippen molar-refractivity contribution in [3.8, 4) is 0 Å². The number of rotatable bonds is 4. The molecule has 0 saturated carbocycles. The minimum atomic E-state index is -2.75. The second-order valence-electron chi connectivity index (χ2n) is 8.43. The van der Waals surface area contributed by atoms with Gasteiger partial charge in [-0.15, -0.1) is 0 Å². The largest absolute Gasteiger partial charge is 0.338 e. The Labute approximate surface area is 207 Å².